The first kappa shape index (κ1) is 16.9. The van der Waals surface area contributed by atoms with Gasteiger partial charge >= 0.3 is 5.97 Å². The van der Waals surface area contributed by atoms with Gasteiger partial charge in [-0.05, 0) is 5.56 Å². The van der Waals surface area contributed by atoms with Gasteiger partial charge in [-0.25, -0.2) is 4.79 Å². The zero-order valence-corrected chi connectivity index (χ0v) is 15.5. The first-order chi connectivity index (χ1) is 13.7. The van der Waals surface area contributed by atoms with E-state index in [0.29, 0.717) is 17.0 Å². The standard InChI is InChI=1S/C21H15N3O3S/c25-19-18-16(17(22-23-18)13-9-5-2-6-10-13)15(12-7-3-1-4-8-12)20-24(19)14(11-28-20)21(26)27/h1-10,14,20H,11H2,(H,26,27)/t14-,20?/m0/s1. The minimum atomic E-state index is -0.998. The third-order valence-electron chi connectivity index (χ3n) is 5.09. The predicted molar refractivity (Wildman–Crippen MR) is 108 cm³/mol. The number of aliphatic carboxylic acids is 1. The molecule has 3 heterocycles. The molecular formula is C21H15N3O3S. The van der Waals surface area contributed by atoms with Crippen molar-refractivity contribution < 1.29 is 14.7 Å². The Kier molecular flexibility index (Phi) is 3.91. The van der Waals surface area contributed by atoms with Crippen molar-refractivity contribution in [2.75, 3.05) is 5.75 Å². The van der Waals surface area contributed by atoms with Crippen molar-refractivity contribution in [3.63, 3.8) is 0 Å². The molecule has 28 heavy (non-hydrogen) atoms. The van der Waals surface area contributed by atoms with E-state index < -0.39 is 12.0 Å². The summed E-state index contributed by atoms with van der Waals surface area (Å²) < 4.78 is 0. The minimum Gasteiger partial charge on any atom is -0.480 e. The summed E-state index contributed by atoms with van der Waals surface area (Å²) in [6.45, 7) is 0. The van der Waals surface area contributed by atoms with Crippen LogP contribution < -0.4 is 0 Å². The summed E-state index contributed by atoms with van der Waals surface area (Å²) in [5, 5.41) is 17.7. The molecule has 0 bridgehead atoms. The van der Waals surface area contributed by atoms with Crippen molar-refractivity contribution in [3.8, 4) is 0 Å². The van der Waals surface area contributed by atoms with Crippen LogP contribution in [0, 0.1) is 0 Å². The monoisotopic (exact) mass is 389 g/mol. The van der Waals surface area contributed by atoms with Crippen LogP contribution in [0.25, 0.3) is 5.57 Å². The number of nitrogens with zero attached hydrogens (tertiary/aromatic N) is 3. The number of fused-ring (bicyclic) bond motifs is 2. The summed E-state index contributed by atoms with van der Waals surface area (Å²) in [5.41, 5.74) is 4.31. The van der Waals surface area contributed by atoms with Crippen LogP contribution in [0.3, 0.4) is 0 Å². The topological polar surface area (TPSA) is 82.3 Å². The minimum absolute atomic E-state index is 0.225. The van der Waals surface area contributed by atoms with E-state index in [1.54, 1.807) is 0 Å². The molecule has 0 aliphatic carbocycles. The maximum Gasteiger partial charge on any atom is 0.327 e. The first-order valence-corrected chi connectivity index (χ1v) is 9.90. The highest BCUT2D eigenvalue weighted by atomic mass is 32.2. The van der Waals surface area contributed by atoms with Crippen LogP contribution in [0.1, 0.15) is 11.1 Å². The number of carbonyl (C=O) groups excluding carboxylic acids is 1. The fourth-order valence-electron chi connectivity index (χ4n) is 3.83. The van der Waals surface area contributed by atoms with Gasteiger partial charge in [-0.3, -0.25) is 4.79 Å². The highest BCUT2D eigenvalue weighted by Gasteiger charge is 2.51. The number of hydrogen-bond donors (Lipinski definition) is 1. The lowest BCUT2D eigenvalue weighted by molar-refractivity contribution is -0.146. The van der Waals surface area contributed by atoms with Crippen molar-refractivity contribution >= 4 is 40.6 Å². The van der Waals surface area contributed by atoms with Crippen molar-refractivity contribution in [1.82, 2.24) is 4.90 Å². The summed E-state index contributed by atoms with van der Waals surface area (Å²) in [6, 6.07) is 18.5. The normalized spacial score (nSPS) is 23.3. The Bertz CT molecular complexity index is 1080. The Morgan fingerprint density at radius 2 is 1.57 bits per heavy atom. The maximum atomic E-state index is 13.2. The number of thioether (sulfide) groups is 1. The summed E-state index contributed by atoms with van der Waals surface area (Å²) in [5.74, 6) is -1.02. The largest absolute Gasteiger partial charge is 0.480 e. The molecule has 2 atom stereocenters. The highest BCUT2D eigenvalue weighted by Crippen LogP contribution is 2.45. The summed E-state index contributed by atoms with van der Waals surface area (Å²) in [7, 11) is 0. The van der Waals surface area contributed by atoms with Gasteiger partial charge in [0.25, 0.3) is 5.91 Å². The second-order valence-electron chi connectivity index (χ2n) is 6.67. The van der Waals surface area contributed by atoms with E-state index in [0.717, 1.165) is 16.7 Å². The van der Waals surface area contributed by atoms with Gasteiger partial charge in [-0.2, -0.15) is 0 Å². The molecule has 1 amide bonds. The molecular weight excluding hydrogens is 374 g/mol. The molecule has 0 radical (unpaired) electrons. The molecule has 0 aromatic heterocycles. The summed E-state index contributed by atoms with van der Waals surface area (Å²) >= 11 is 1.47. The molecule has 3 aliphatic rings. The number of benzene rings is 2. The van der Waals surface area contributed by atoms with Crippen LogP contribution in [0.4, 0.5) is 0 Å². The molecule has 1 N–H and O–H groups in total. The predicted octanol–water partition coefficient (Wildman–Crippen LogP) is 2.67. The highest BCUT2D eigenvalue weighted by molar-refractivity contribution is 8.00. The SMILES string of the molecule is O=C(O)[C@@H]1CSC2C(c3ccccc3)=C3C(=NN=C3c3ccccc3)C(=O)N21. The molecule has 1 saturated heterocycles. The van der Waals surface area contributed by atoms with Gasteiger partial charge in [-0.15, -0.1) is 22.0 Å². The van der Waals surface area contributed by atoms with Crippen molar-refractivity contribution in [3.05, 3.63) is 77.4 Å². The number of carboxylic acid groups (broad SMARTS) is 1. The fourth-order valence-corrected chi connectivity index (χ4v) is 5.32. The molecule has 138 valence electrons. The smallest absolute Gasteiger partial charge is 0.327 e. The summed E-state index contributed by atoms with van der Waals surface area (Å²) in [4.78, 5) is 26.3. The lowest BCUT2D eigenvalue weighted by Gasteiger charge is -2.34. The van der Waals surface area contributed by atoms with Gasteiger partial charge in [0.05, 0.1) is 0 Å². The number of hydrogen-bond acceptors (Lipinski definition) is 5. The van der Waals surface area contributed by atoms with Gasteiger partial charge < -0.3 is 10.0 Å². The van der Waals surface area contributed by atoms with Gasteiger partial charge in [0.1, 0.15) is 17.1 Å². The Balaban J connectivity index is 1.74. The van der Waals surface area contributed by atoms with Crippen molar-refractivity contribution in [2.24, 2.45) is 10.2 Å². The Hall–Kier alpha value is -3.19. The number of carbonyl (C=O) groups is 2. The summed E-state index contributed by atoms with van der Waals surface area (Å²) in [6.07, 6.45) is 0. The number of carboxylic acids is 1. The van der Waals surface area contributed by atoms with Crippen LogP contribution in [-0.4, -0.2) is 50.5 Å². The van der Waals surface area contributed by atoms with Gasteiger partial charge in [0.2, 0.25) is 0 Å². The van der Waals surface area contributed by atoms with Crippen LogP contribution in [0.2, 0.25) is 0 Å². The number of amides is 1. The molecule has 3 aliphatic heterocycles. The molecule has 7 heteroatoms. The molecule has 2 aromatic rings. The molecule has 0 spiro atoms. The van der Waals surface area contributed by atoms with Crippen LogP contribution >= 0.6 is 11.8 Å². The van der Waals surface area contributed by atoms with Gasteiger partial charge in [0, 0.05) is 22.5 Å². The third kappa shape index (κ3) is 2.43. The van der Waals surface area contributed by atoms with Crippen LogP contribution in [0.5, 0.6) is 0 Å². The Labute approximate surface area is 165 Å². The van der Waals surface area contributed by atoms with Gasteiger partial charge in [-0.1, -0.05) is 60.7 Å². The molecule has 5 rings (SSSR count). The third-order valence-corrected chi connectivity index (χ3v) is 6.38. The molecule has 0 saturated carbocycles. The van der Waals surface area contributed by atoms with E-state index >= 15 is 0 Å². The van der Waals surface area contributed by atoms with Gasteiger partial charge in [0.15, 0.2) is 5.71 Å². The van der Waals surface area contributed by atoms with E-state index in [-0.39, 0.29) is 17.0 Å². The zero-order chi connectivity index (χ0) is 19.3. The van der Waals surface area contributed by atoms with E-state index in [4.69, 9.17) is 0 Å². The zero-order valence-electron chi connectivity index (χ0n) is 14.6. The fraction of sp³-hybridized carbons (Fsp3) is 0.143. The van der Waals surface area contributed by atoms with E-state index in [1.165, 1.54) is 16.7 Å². The molecule has 1 fully saturated rings. The second kappa shape index (κ2) is 6.45. The van der Waals surface area contributed by atoms with E-state index in [9.17, 15) is 14.7 Å². The number of rotatable bonds is 3. The average Bonchev–Trinajstić information content (AvgIpc) is 3.35. The Morgan fingerprint density at radius 3 is 2.21 bits per heavy atom. The quantitative estimate of drug-likeness (QED) is 0.875. The van der Waals surface area contributed by atoms with Crippen molar-refractivity contribution in [2.45, 2.75) is 11.4 Å². The van der Waals surface area contributed by atoms with E-state index in [1.807, 2.05) is 60.7 Å². The molecule has 6 nitrogen and oxygen atoms in total. The molecule has 2 aromatic carbocycles. The lowest BCUT2D eigenvalue weighted by atomic mass is 9.86. The lowest BCUT2D eigenvalue weighted by Crippen LogP contribution is -2.52. The molecule has 1 unspecified atom stereocenters. The average molecular weight is 389 g/mol. The maximum absolute atomic E-state index is 13.2. The van der Waals surface area contributed by atoms with Crippen molar-refractivity contribution in [1.29, 1.82) is 0 Å². The van der Waals surface area contributed by atoms with E-state index in [2.05, 4.69) is 10.2 Å². The second-order valence-corrected chi connectivity index (χ2v) is 7.78. The van der Waals surface area contributed by atoms with Crippen LogP contribution in [-0.2, 0) is 9.59 Å². The van der Waals surface area contributed by atoms with Crippen LogP contribution in [0.15, 0.2) is 76.4 Å². The Morgan fingerprint density at radius 1 is 0.964 bits per heavy atom. The first-order valence-electron chi connectivity index (χ1n) is 8.85.